The summed E-state index contributed by atoms with van der Waals surface area (Å²) >= 11 is 0. The molecule has 1 aromatic rings. The van der Waals surface area contributed by atoms with Crippen LogP contribution in [0.15, 0.2) is 24.3 Å². The van der Waals surface area contributed by atoms with Crippen LogP contribution >= 0.6 is 0 Å². The van der Waals surface area contributed by atoms with Gasteiger partial charge in [-0.3, -0.25) is 0 Å². The van der Waals surface area contributed by atoms with Gasteiger partial charge in [0.2, 0.25) is 0 Å². The van der Waals surface area contributed by atoms with E-state index in [0.717, 1.165) is 5.75 Å². The Morgan fingerprint density at radius 2 is 1.73 bits per heavy atom. The van der Waals surface area contributed by atoms with Crippen LogP contribution in [0.25, 0.3) is 0 Å². The molecule has 1 aliphatic heterocycles. The highest BCUT2D eigenvalue weighted by atomic mass is 16.5. The third-order valence-corrected chi connectivity index (χ3v) is 3.91. The Balaban J connectivity index is 1.87. The molecule has 0 bridgehead atoms. The molecule has 1 spiro atoms. The maximum atomic E-state index is 6.26. The van der Waals surface area contributed by atoms with Gasteiger partial charge in [0.05, 0.1) is 0 Å². The maximum absolute atomic E-state index is 6.26. The summed E-state index contributed by atoms with van der Waals surface area (Å²) in [4.78, 5) is 0. The summed E-state index contributed by atoms with van der Waals surface area (Å²) in [5.74, 6) is 1.14. The third-order valence-electron chi connectivity index (χ3n) is 3.91. The van der Waals surface area contributed by atoms with Crippen LogP contribution in [0.1, 0.15) is 44.1 Å². The van der Waals surface area contributed by atoms with E-state index in [1.807, 2.05) is 0 Å². The van der Waals surface area contributed by atoms with Gasteiger partial charge in [0, 0.05) is 0 Å². The average Bonchev–Trinajstić information content (AvgIpc) is 2.30. The fourth-order valence-electron chi connectivity index (χ4n) is 3.00. The lowest BCUT2D eigenvalue weighted by atomic mass is 9.79. The van der Waals surface area contributed by atoms with Gasteiger partial charge in [0.1, 0.15) is 11.4 Å². The molecule has 0 unspecified atom stereocenters. The molecule has 1 aromatic carbocycles. The van der Waals surface area contributed by atoms with Crippen molar-refractivity contribution in [3.63, 3.8) is 0 Å². The van der Waals surface area contributed by atoms with Crippen LogP contribution in [0.2, 0.25) is 0 Å². The highest BCUT2D eigenvalue weighted by Gasteiger charge is 2.36. The monoisotopic (exact) mass is 202 g/mol. The summed E-state index contributed by atoms with van der Waals surface area (Å²) in [5, 5.41) is 0. The first-order valence-electron chi connectivity index (χ1n) is 6.15. The molecule has 0 amide bonds. The second-order valence-electron chi connectivity index (χ2n) is 4.95. The van der Waals surface area contributed by atoms with E-state index in [9.17, 15) is 0 Å². The van der Waals surface area contributed by atoms with Gasteiger partial charge in [-0.2, -0.15) is 0 Å². The first kappa shape index (κ1) is 9.26. The topological polar surface area (TPSA) is 9.23 Å². The van der Waals surface area contributed by atoms with Gasteiger partial charge in [0.25, 0.3) is 0 Å². The van der Waals surface area contributed by atoms with E-state index in [4.69, 9.17) is 4.74 Å². The van der Waals surface area contributed by atoms with Crippen LogP contribution in [0.3, 0.4) is 0 Å². The molecular formula is C14H18O. The van der Waals surface area contributed by atoms with Crippen molar-refractivity contribution in [1.29, 1.82) is 0 Å². The Hall–Kier alpha value is -0.980. The minimum absolute atomic E-state index is 0.201. The van der Waals surface area contributed by atoms with Crippen molar-refractivity contribution in [2.75, 3.05) is 0 Å². The van der Waals surface area contributed by atoms with Crippen molar-refractivity contribution >= 4 is 0 Å². The number of rotatable bonds is 0. The molecular weight excluding hydrogens is 184 g/mol. The van der Waals surface area contributed by atoms with Crippen LogP contribution in [0, 0.1) is 0 Å². The average molecular weight is 202 g/mol. The molecule has 1 heteroatoms. The number of hydrogen-bond acceptors (Lipinski definition) is 1. The van der Waals surface area contributed by atoms with Gasteiger partial charge in [-0.25, -0.2) is 0 Å². The van der Waals surface area contributed by atoms with Crippen LogP contribution in [-0.4, -0.2) is 5.60 Å². The fraction of sp³-hybridized carbons (Fsp3) is 0.571. The smallest absolute Gasteiger partial charge is 0.123 e. The van der Waals surface area contributed by atoms with Crippen LogP contribution in [-0.2, 0) is 6.42 Å². The molecule has 0 radical (unpaired) electrons. The number of aryl methyl sites for hydroxylation is 1. The van der Waals surface area contributed by atoms with E-state index >= 15 is 0 Å². The largest absolute Gasteiger partial charge is 0.487 e. The molecule has 15 heavy (non-hydrogen) atoms. The molecule has 2 aliphatic rings. The summed E-state index contributed by atoms with van der Waals surface area (Å²) in [6, 6.07) is 8.53. The minimum Gasteiger partial charge on any atom is -0.487 e. The molecule has 3 rings (SSSR count). The van der Waals surface area contributed by atoms with Gasteiger partial charge < -0.3 is 4.74 Å². The fourth-order valence-corrected chi connectivity index (χ4v) is 3.00. The van der Waals surface area contributed by atoms with Crippen LogP contribution in [0.5, 0.6) is 5.75 Å². The normalized spacial score (nSPS) is 23.2. The van der Waals surface area contributed by atoms with Crippen molar-refractivity contribution in [2.24, 2.45) is 0 Å². The summed E-state index contributed by atoms with van der Waals surface area (Å²) in [5.41, 5.74) is 1.60. The Morgan fingerprint density at radius 1 is 0.933 bits per heavy atom. The van der Waals surface area contributed by atoms with E-state index in [1.54, 1.807) is 0 Å². The SMILES string of the molecule is c1ccc2c(c1)CCC1(CCCCC1)O2. The third kappa shape index (κ3) is 1.64. The van der Waals surface area contributed by atoms with Crippen molar-refractivity contribution in [3.05, 3.63) is 29.8 Å². The van der Waals surface area contributed by atoms with E-state index in [2.05, 4.69) is 24.3 Å². The number of ether oxygens (including phenoxy) is 1. The standard InChI is InChI=1S/C14H18O/c1-4-9-14(10-5-1)11-8-12-6-2-3-7-13(12)15-14/h2-3,6-7H,1,4-5,8-11H2. The number of hydrogen-bond donors (Lipinski definition) is 0. The lowest BCUT2D eigenvalue weighted by molar-refractivity contribution is 0.0108. The highest BCUT2D eigenvalue weighted by Crippen LogP contribution is 2.41. The lowest BCUT2D eigenvalue weighted by Gasteiger charge is -2.41. The second kappa shape index (κ2) is 3.55. The molecule has 0 atom stereocenters. The molecule has 0 aromatic heterocycles. The molecule has 1 aliphatic carbocycles. The second-order valence-corrected chi connectivity index (χ2v) is 4.95. The van der Waals surface area contributed by atoms with Crippen LogP contribution in [0.4, 0.5) is 0 Å². The molecule has 1 nitrogen and oxygen atoms in total. The zero-order valence-electron chi connectivity index (χ0n) is 9.17. The summed E-state index contributed by atoms with van der Waals surface area (Å²) in [6.07, 6.45) is 9.06. The first-order chi connectivity index (χ1) is 7.38. The predicted octanol–water partition coefficient (Wildman–Crippen LogP) is 3.71. The molecule has 0 N–H and O–H groups in total. The van der Waals surface area contributed by atoms with Crippen molar-refractivity contribution < 1.29 is 4.74 Å². The van der Waals surface area contributed by atoms with Gasteiger partial charge in [-0.15, -0.1) is 0 Å². The van der Waals surface area contributed by atoms with Crippen molar-refractivity contribution in [2.45, 2.75) is 50.5 Å². The Kier molecular flexibility index (Phi) is 2.19. The van der Waals surface area contributed by atoms with Gasteiger partial charge >= 0.3 is 0 Å². The van der Waals surface area contributed by atoms with Crippen molar-refractivity contribution in [1.82, 2.24) is 0 Å². The number of benzene rings is 1. The highest BCUT2D eigenvalue weighted by molar-refractivity contribution is 5.36. The van der Waals surface area contributed by atoms with E-state index in [0.29, 0.717) is 0 Å². The van der Waals surface area contributed by atoms with Gasteiger partial charge in [-0.05, 0) is 50.2 Å². The zero-order chi connectivity index (χ0) is 10.1. The molecule has 1 saturated carbocycles. The number of fused-ring (bicyclic) bond motifs is 1. The first-order valence-corrected chi connectivity index (χ1v) is 6.15. The maximum Gasteiger partial charge on any atom is 0.123 e. The predicted molar refractivity (Wildman–Crippen MR) is 61.2 cm³/mol. The van der Waals surface area contributed by atoms with Crippen molar-refractivity contribution in [3.8, 4) is 5.75 Å². The summed E-state index contributed by atoms with van der Waals surface area (Å²) < 4.78 is 6.26. The van der Waals surface area contributed by atoms with Gasteiger partial charge in [0.15, 0.2) is 0 Å². The van der Waals surface area contributed by atoms with E-state index in [-0.39, 0.29) is 5.60 Å². The molecule has 0 saturated heterocycles. The van der Waals surface area contributed by atoms with Crippen LogP contribution < -0.4 is 4.74 Å². The van der Waals surface area contributed by atoms with E-state index < -0.39 is 0 Å². The van der Waals surface area contributed by atoms with Gasteiger partial charge in [-0.1, -0.05) is 24.6 Å². The Bertz CT molecular complexity index is 350. The number of para-hydroxylation sites is 1. The Morgan fingerprint density at radius 3 is 2.60 bits per heavy atom. The minimum atomic E-state index is 0.201. The lowest BCUT2D eigenvalue weighted by Crippen LogP contribution is -2.41. The molecule has 80 valence electrons. The molecule has 1 fully saturated rings. The quantitative estimate of drug-likeness (QED) is 0.623. The Labute approximate surface area is 91.5 Å². The molecule has 1 heterocycles. The zero-order valence-corrected chi connectivity index (χ0v) is 9.17. The summed E-state index contributed by atoms with van der Waals surface area (Å²) in [7, 11) is 0. The van der Waals surface area contributed by atoms with E-state index in [1.165, 1.54) is 50.5 Å². The summed E-state index contributed by atoms with van der Waals surface area (Å²) in [6.45, 7) is 0.